The maximum Gasteiger partial charge on any atom is 0.269 e. The molecule has 5 nitrogen and oxygen atoms in total. The van der Waals surface area contributed by atoms with Gasteiger partial charge in [-0.1, -0.05) is 0 Å². The zero-order valence-corrected chi connectivity index (χ0v) is 8.02. The van der Waals surface area contributed by atoms with E-state index in [1.165, 1.54) is 0 Å². The molecule has 6 heteroatoms. The van der Waals surface area contributed by atoms with Crippen LogP contribution in [0.25, 0.3) is 0 Å². The summed E-state index contributed by atoms with van der Waals surface area (Å²) in [5.74, 6) is -0.540. The van der Waals surface area contributed by atoms with Crippen molar-refractivity contribution in [2.75, 3.05) is 6.54 Å². The Morgan fingerprint density at radius 3 is 2.73 bits per heavy atom. The molecule has 1 aromatic rings. The molecule has 0 spiro atoms. The van der Waals surface area contributed by atoms with Gasteiger partial charge in [-0.15, -0.1) is 0 Å². The average Bonchev–Trinajstić information content (AvgIpc) is 2.18. The third-order valence-corrected chi connectivity index (χ3v) is 2.07. The quantitative estimate of drug-likeness (QED) is 0.577. The van der Waals surface area contributed by atoms with Crippen LogP contribution in [-0.2, 0) is 0 Å². The minimum Gasteiger partial charge on any atom is -0.330 e. The predicted octanol–water partition coefficient (Wildman–Crippen LogP) is 1.08. The zero-order chi connectivity index (χ0) is 11.4. The number of non-ortho nitro benzene ring substituents is 1. The Bertz CT molecular complexity index is 370. The smallest absolute Gasteiger partial charge is 0.269 e. The fourth-order valence-electron chi connectivity index (χ4n) is 1.26. The zero-order valence-electron chi connectivity index (χ0n) is 8.02. The molecule has 0 heterocycles. The molecule has 82 valence electrons. The second-order valence-electron chi connectivity index (χ2n) is 3.15. The van der Waals surface area contributed by atoms with Crippen molar-refractivity contribution in [2.45, 2.75) is 12.5 Å². The van der Waals surface area contributed by atoms with Gasteiger partial charge in [-0.25, -0.2) is 4.39 Å². The second kappa shape index (κ2) is 4.81. The van der Waals surface area contributed by atoms with Gasteiger partial charge in [0.25, 0.3) is 5.69 Å². The molecule has 0 aliphatic carbocycles. The van der Waals surface area contributed by atoms with Gasteiger partial charge >= 0.3 is 0 Å². The molecule has 0 unspecified atom stereocenters. The fraction of sp³-hybridized carbons (Fsp3) is 0.333. The van der Waals surface area contributed by atoms with Gasteiger partial charge in [0.15, 0.2) is 0 Å². The van der Waals surface area contributed by atoms with Crippen molar-refractivity contribution in [1.29, 1.82) is 0 Å². The van der Waals surface area contributed by atoms with Crippen LogP contribution in [0, 0.1) is 15.9 Å². The maximum atomic E-state index is 13.3. The van der Waals surface area contributed by atoms with Crippen LogP contribution < -0.4 is 11.5 Å². The Hall–Kier alpha value is -1.53. The van der Waals surface area contributed by atoms with Crippen molar-refractivity contribution in [3.8, 4) is 0 Å². The number of nitro benzene ring substituents is 1. The molecule has 1 rings (SSSR count). The number of nitrogens with zero attached hydrogens (tertiary/aromatic N) is 1. The van der Waals surface area contributed by atoms with Crippen LogP contribution >= 0.6 is 0 Å². The number of halogens is 1. The first kappa shape index (κ1) is 11.5. The number of benzene rings is 1. The van der Waals surface area contributed by atoms with E-state index in [1.807, 2.05) is 0 Å². The molecular weight excluding hydrogens is 201 g/mol. The number of hydrogen-bond donors (Lipinski definition) is 2. The van der Waals surface area contributed by atoms with E-state index in [2.05, 4.69) is 0 Å². The molecule has 15 heavy (non-hydrogen) atoms. The molecule has 4 N–H and O–H groups in total. The van der Waals surface area contributed by atoms with Crippen LogP contribution in [-0.4, -0.2) is 11.5 Å². The van der Waals surface area contributed by atoms with Crippen molar-refractivity contribution < 1.29 is 9.31 Å². The Morgan fingerprint density at radius 1 is 1.53 bits per heavy atom. The van der Waals surface area contributed by atoms with Crippen molar-refractivity contribution in [3.05, 3.63) is 39.7 Å². The lowest BCUT2D eigenvalue weighted by Crippen LogP contribution is -2.16. The summed E-state index contributed by atoms with van der Waals surface area (Å²) in [6.45, 7) is 0.309. The molecule has 0 fully saturated rings. The molecule has 0 saturated carbocycles. The summed E-state index contributed by atoms with van der Waals surface area (Å²) in [4.78, 5) is 9.88. The Morgan fingerprint density at radius 2 is 2.20 bits per heavy atom. The summed E-state index contributed by atoms with van der Waals surface area (Å²) in [7, 11) is 0. The highest BCUT2D eigenvalue weighted by Crippen LogP contribution is 2.22. The molecule has 1 atom stereocenters. The van der Waals surface area contributed by atoms with Gasteiger partial charge < -0.3 is 11.5 Å². The molecule has 0 bridgehead atoms. The van der Waals surface area contributed by atoms with Gasteiger partial charge in [0.1, 0.15) is 5.82 Å². The van der Waals surface area contributed by atoms with E-state index in [-0.39, 0.29) is 11.3 Å². The normalized spacial score (nSPS) is 12.5. The second-order valence-corrected chi connectivity index (χ2v) is 3.15. The van der Waals surface area contributed by atoms with Gasteiger partial charge in [-0.05, 0) is 19.0 Å². The number of rotatable bonds is 4. The molecule has 0 amide bonds. The van der Waals surface area contributed by atoms with Crippen molar-refractivity contribution in [1.82, 2.24) is 0 Å². The first-order valence-corrected chi connectivity index (χ1v) is 4.45. The first-order valence-electron chi connectivity index (χ1n) is 4.45. The summed E-state index contributed by atoms with van der Waals surface area (Å²) in [6.07, 6.45) is 0.387. The summed E-state index contributed by atoms with van der Waals surface area (Å²) in [6, 6.07) is 2.70. The molecule has 0 aromatic heterocycles. The first-order chi connectivity index (χ1) is 7.06. The van der Waals surface area contributed by atoms with Crippen LogP contribution in [0.15, 0.2) is 18.2 Å². The van der Waals surface area contributed by atoms with Crippen molar-refractivity contribution in [2.24, 2.45) is 11.5 Å². The summed E-state index contributed by atoms with van der Waals surface area (Å²) in [5.41, 5.74) is 10.9. The Kier molecular flexibility index (Phi) is 3.70. The average molecular weight is 213 g/mol. The monoisotopic (exact) mass is 213 g/mol. The minimum absolute atomic E-state index is 0.134. The molecule has 0 aliphatic rings. The van der Waals surface area contributed by atoms with Gasteiger partial charge in [0.05, 0.1) is 4.92 Å². The third-order valence-electron chi connectivity index (χ3n) is 2.07. The van der Waals surface area contributed by atoms with Gasteiger partial charge in [0.2, 0.25) is 0 Å². The fourth-order valence-corrected chi connectivity index (χ4v) is 1.26. The molecule has 1 aromatic carbocycles. The van der Waals surface area contributed by atoms with Crippen LogP contribution in [0.5, 0.6) is 0 Å². The lowest BCUT2D eigenvalue weighted by Gasteiger charge is -2.11. The maximum absolute atomic E-state index is 13.3. The van der Waals surface area contributed by atoms with E-state index in [4.69, 9.17) is 11.5 Å². The van der Waals surface area contributed by atoms with Crippen LogP contribution in [0.4, 0.5) is 10.1 Å². The Labute approximate surface area is 86.0 Å². The van der Waals surface area contributed by atoms with E-state index < -0.39 is 16.8 Å². The molecule has 0 saturated heterocycles. The van der Waals surface area contributed by atoms with E-state index in [1.54, 1.807) is 0 Å². The SMILES string of the molecule is NCC[C@H](N)c1cc([N+](=O)[O-])ccc1F. The highest BCUT2D eigenvalue weighted by molar-refractivity contribution is 5.36. The van der Waals surface area contributed by atoms with Crippen molar-refractivity contribution in [3.63, 3.8) is 0 Å². The number of nitro groups is 1. The minimum atomic E-state index is -0.602. The van der Waals surface area contributed by atoms with Crippen LogP contribution in [0.1, 0.15) is 18.0 Å². The third kappa shape index (κ3) is 2.71. The predicted molar refractivity (Wildman–Crippen MR) is 53.7 cm³/mol. The highest BCUT2D eigenvalue weighted by Gasteiger charge is 2.15. The number of hydrogen-bond acceptors (Lipinski definition) is 4. The van der Waals surface area contributed by atoms with Crippen LogP contribution in [0.3, 0.4) is 0 Å². The topological polar surface area (TPSA) is 95.2 Å². The summed E-state index contributed by atoms with van der Waals surface area (Å²) < 4.78 is 13.3. The van der Waals surface area contributed by atoms with Crippen LogP contribution in [0.2, 0.25) is 0 Å². The van der Waals surface area contributed by atoms with Gasteiger partial charge in [-0.3, -0.25) is 10.1 Å². The molecular formula is C9H12FN3O2. The molecule has 0 radical (unpaired) electrons. The van der Waals surface area contributed by atoms with Gasteiger partial charge in [-0.2, -0.15) is 0 Å². The number of nitrogens with two attached hydrogens (primary N) is 2. The summed E-state index contributed by atoms with van der Waals surface area (Å²) in [5, 5.41) is 10.5. The Balaban J connectivity index is 3.04. The molecule has 0 aliphatic heterocycles. The highest BCUT2D eigenvalue weighted by atomic mass is 19.1. The largest absolute Gasteiger partial charge is 0.330 e. The standard InChI is InChI=1S/C9H12FN3O2/c10-8-2-1-6(13(14)15)5-7(8)9(12)3-4-11/h1-2,5,9H,3-4,11-12H2/t9-/m0/s1. The van der Waals surface area contributed by atoms with E-state index in [0.29, 0.717) is 13.0 Å². The van der Waals surface area contributed by atoms with Gasteiger partial charge in [0, 0.05) is 23.7 Å². The van der Waals surface area contributed by atoms with Crippen molar-refractivity contribution >= 4 is 5.69 Å². The van der Waals surface area contributed by atoms with E-state index in [9.17, 15) is 14.5 Å². The lowest BCUT2D eigenvalue weighted by atomic mass is 10.0. The summed E-state index contributed by atoms with van der Waals surface area (Å²) >= 11 is 0. The van der Waals surface area contributed by atoms with E-state index >= 15 is 0 Å². The lowest BCUT2D eigenvalue weighted by molar-refractivity contribution is -0.385. The van der Waals surface area contributed by atoms with E-state index in [0.717, 1.165) is 18.2 Å².